The van der Waals surface area contributed by atoms with Crippen LogP contribution in [0.4, 0.5) is 11.5 Å². The van der Waals surface area contributed by atoms with Crippen molar-refractivity contribution in [3.05, 3.63) is 30.0 Å². The highest BCUT2D eigenvalue weighted by Gasteiger charge is 2.13. The molecule has 1 aromatic heterocycles. The van der Waals surface area contributed by atoms with Crippen LogP contribution in [0.5, 0.6) is 0 Å². The van der Waals surface area contributed by atoms with Crippen LogP contribution in [0, 0.1) is 6.92 Å². The summed E-state index contributed by atoms with van der Waals surface area (Å²) in [6.07, 6.45) is 1.62. The average molecular weight is 245 g/mol. The molecule has 0 fully saturated rings. The van der Waals surface area contributed by atoms with Crippen molar-refractivity contribution in [2.45, 2.75) is 19.9 Å². The van der Waals surface area contributed by atoms with Gasteiger partial charge in [-0.1, -0.05) is 12.1 Å². The number of carboxylic acid groups (broad SMARTS) is 1. The molecule has 18 heavy (non-hydrogen) atoms. The highest BCUT2D eigenvalue weighted by atomic mass is 16.4. The molecule has 4 N–H and O–H groups in total. The molecule has 5 nitrogen and oxygen atoms in total. The van der Waals surface area contributed by atoms with Gasteiger partial charge in [0.05, 0.1) is 0 Å². The van der Waals surface area contributed by atoms with Crippen molar-refractivity contribution in [2.75, 3.05) is 11.1 Å². The Bertz CT molecular complexity index is 610. The number of nitrogens with zero attached hydrogens (tertiary/aromatic N) is 1. The van der Waals surface area contributed by atoms with Crippen LogP contribution in [0.25, 0.3) is 10.8 Å². The normalized spacial score (nSPS) is 12.3. The van der Waals surface area contributed by atoms with Crippen molar-refractivity contribution in [3.8, 4) is 0 Å². The fourth-order valence-corrected chi connectivity index (χ4v) is 1.77. The quantitative estimate of drug-likeness (QED) is 0.720. The number of anilines is 2. The summed E-state index contributed by atoms with van der Waals surface area (Å²) in [4.78, 5) is 15.0. The summed E-state index contributed by atoms with van der Waals surface area (Å²) in [6, 6.07) is 4.92. The largest absolute Gasteiger partial charge is 0.480 e. The number of carboxylic acids is 1. The van der Waals surface area contributed by atoms with Gasteiger partial charge in [0.2, 0.25) is 0 Å². The van der Waals surface area contributed by atoms with E-state index in [1.165, 1.54) is 0 Å². The van der Waals surface area contributed by atoms with Crippen LogP contribution in [-0.2, 0) is 4.79 Å². The van der Waals surface area contributed by atoms with Gasteiger partial charge in [-0.25, -0.2) is 4.98 Å². The number of rotatable bonds is 3. The molecule has 1 unspecified atom stereocenters. The average Bonchev–Trinajstić information content (AvgIpc) is 2.34. The van der Waals surface area contributed by atoms with E-state index in [9.17, 15) is 4.79 Å². The van der Waals surface area contributed by atoms with Crippen LogP contribution in [0.2, 0.25) is 0 Å². The number of aliphatic carboxylic acids is 1. The zero-order chi connectivity index (χ0) is 13.3. The van der Waals surface area contributed by atoms with E-state index in [0.717, 1.165) is 16.3 Å². The van der Waals surface area contributed by atoms with Gasteiger partial charge < -0.3 is 16.2 Å². The third-order valence-electron chi connectivity index (χ3n) is 2.93. The molecule has 0 bridgehead atoms. The molecule has 2 rings (SSSR count). The molecular formula is C13H15N3O2. The summed E-state index contributed by atoms with van der Waals surface area (Å²) in [6.45, 7) is 3.50. The third kappa shape index (κ3) is 2.07. The van der Waals surface area contributed by atoms with E-state index >= 15 is 0 Å². The minimum absolute atomic E-state index is 0.536. The summed E-state index contributed by atoms with van der Waals surface area (Å²) < 4.78 is 0. The number of aromatic nitrogens is 1. The number of nitrogen functional groups attached to an aromatic ring is 1. The highest BCUT2D eigenvalue weighted by Crippen LogP contribution is 2.28. The lowest BCUT2D eigenvalue weighted by atomic mass is 10.1. The second kappa shape index (κ2) is 4.52. The Morgan fingerprint density at radius 2 is 2.11 bits per heavy atom. The Morgan fingerprint density at radius 3 is 2.78 bits per heavy atom. The van der Waals surface area contributed by atoms with Gasteiger partial charge in [0.25, 0.3) is 0 Å². The number of benzene rings is 1. The fraction of sp³-hybridized carbons (Fsp3) is 0.231. The predicted octanol–water partition coefficient (Wildman–Crippen LogP) is 2.01. The Labute approximate surface area is 105 Å². The predicted molar refractivity (Wildman–Crippen MR) is 71.6 cm³/mol. The first-order chi connectivity index (χ1) is 8.50. The van der Waals surface area contributed by atoms with Gasteiger partial charge in [0, 0.05) is 22.7 Å². The van der Waals surface area contributed by atoms with E-state index < -0.39 is 12.0 Å². The summed E-state index contributed by atoms with van der Waals surface area (Å²) in [5.41, 5.74) is 7.69. The van der Waals surface area contributed by atoms with Crippen LogP contribution in [0.3, 0.4) is 0 Å². The van der Waals surface area contributed by atoms with Crippen molar-refractivity contribution in [2.24, 2.45) is 0 Å². The molecule has 5 heteroatoms. The Morgan fingerprint density at radius 1 is 1.39 bits per heavy atom. The van der Waals surface area contributed by atoms with Crippen LogP contribution < -0.4 is 11.1 Å². The first-order valence-corrected chi connectivity index (χ1v) is 5.64. The fourth-order valence-electron chi connectivity index (χ4n) is 1.77. The maximum atomic E-state index is 10.8. The summed E-state index contributed by atoms with van der Waals surface area (Å²) in [5.74, 6) is -0.386. The highest BCUT2D eigenvalue weighted by molar-refractivity contribution is 6.00. The van der Waals surface area contributed by atoms with E-state index in [1.807, 2.05) is 25.1 Å². The van der Waals surface area contributed by atoms with Gasteiger partial charge in [-0.15, -0.1) is 0 Å². The number of carbonyl (C=O) groups is 1. The van der Waals surface area contributed by atoms with Crippen LogP contribution in [-0.4, -0.2) is 22.1 Å². The molecule has 0 radical (unpaired) electrons. The molecule has 0 aliphatic heterocycles. The smallest absolute Gasteiger partial charge is 0.325 e. The Hall–Kier alpha value is -2.30. The topological polar surface area (TPSA) is 88.2 Å². The number of pyridine rings is 1. The van der Waals surface area contributed by atoms with Crippen molar-refractivity contribution < 1.29 is 9.90 Å². The van der Waals surface area contributed by atoms with E-state index in [2.05, 4.69) is 10.3 Å². The van der Waals surface area contributed by atoms with Gasteiger partial charge in [0.1, 0.15) is 11.9 Å². The van der Waals surface area contributed by atoms with Crippen molar-refractivity contribution >= 4 is 28.2 Å². The van der Waals surface area contributed by atoms with Crippen molar-refractivity contribution in [1.82, 2.24) is 4.98 Å². The van der Waals surface area contributed by atoms with E-state index in [0.29, 0.717) is 11.5 Å². The second-order valence-electron chi connectivity index (χ2n) is 4.26. The monoisotopic (exact) mass is 245 g/mol. The number of aryl methyl sites for hydroxylation is 1. The lowest BCUT2D eigenvalue weighted by molar-refractivity contribution is -0.137. The molecule has 1 heterocycles. The molecular weight excluding hydrogens is 230 g/mol. The van der Waals surface area contributed by atoms with Crippen LogP contribution in [0.15, 0.2) is 24.4 Å². The third-order valence-corrected chi connectivity index (χ3v) is 2.93. The van der Waals surface area contributed by atoms with Crippen LogP contribution >= 0.6 is 0 Å². The summed E-state index contributed by atoms with van der Waals surface area (Å²) >= 11 is 0. The molecule has 0 aliphatic rings. The number of fused-ring (bicyclic) bond motifs is 1. The van der Waals surface area contributed by atoms with Gasteiger partial charge in [-0.05, 0) is 25.5 Å². The molecule has 1 atom stereocenters. The Kier molecular flexibility index (Phi) is 3.06. The molecule has 0 saturated heterocycles. The van der Waals surface area contributed by atoms with Gasteiger partial charge in [-0.3, -0.25) is 4.79 Å². The van der Waals surface area contributed by atoms with E-state index in [4.69, 9.17) is 10.8 Å². The molecule has 0 amide bonds. The minimum Gasteiger partial charge on any atom is -0.480 e. The summed E-state index contributed by atoms with van der Waals surface area (Å²) in [5, 5.41) is 13.5. The number of nitrogens with one attached hydrogen (secondary N) is 1. The number of nitrogens with two attached hydrogens (primary N) is 1. The Balaban J connectivity index is 2.53. The standard InChI is InChI=1S/C13H15N3O2/c1-7-3-4-10-9(11(7)14)5-6-15-12(10)16-8(2)13(17)18/h3-6,8H,14H2,1-2H3,(H,15,16)(H,17,18). The first kappa shape index (κ1) is 12.2. The lowest BCUT2D eigenvalue weighted by Crippen LogP contribution is -2.25. The molecule has 1 aromatic carbocycles. The van der Waals surface area contributed by atoms with E-state index in [-0.39, 0.29) is 0 Å². The zero-order valence-corrected chi connectivity index (χ0v) is 10.3. The van der Waals surface area contributed by atoms with Crippen LogP contribution in [0.1, 0.15) is 12.5 Å². The van der Waals surface area contributed by atoms with Crippen molar-refractivity contribution in [1.29, 1.82) is 0 Å². The molecule has 94 valence electrons. The molecule has 0 aliphatic carbocycles. The molecule has 0 spiro atoms. The lowest BCUT2D eigenvalue weighted by Gasteiger charge is -2.13. The zero-order valence-electron chi connectivity index (χ0n) is 10.3. The first-order valence-electron chi connectivity index (χ1n) is 5.64. The minimum atomic E-state index is -0.922. The molecule has 0 saturated carbocycles. The maximum Gasteiger partial charge on any atom is 0.325 e. The maximum absolute atomic E-state index is 10.8. The van der Waals surface area contributed by atoms with Gasteiger partial charge >= 0.3 is 5.97 Å². The second-order valence-corrected chi connectivity index (χ2v) is 4.26. The van der Waals surface area contributed by atoms with Gasteiger partial charge in [-0.2, -0.15) is 0 Å². The summed E-state index contributed by atoms with van der Waals surface area (Å²) in [7, 11) is 0. The molecule has 2 aromatic rings. The van der Waals surface area contributed by atoms with Gasteiger partial charge in [0.15, 0.2) is 0 Å². The number of hydrogen-bond acceptors (Lipinski definition) is 4. The number of hydrogen-bond donors (Lipinski definition) is 3. The van der Waals surface area contributed by atoms with E-state index in [1.54, 1.807) is 13.1 Å². The van der Waals surface area contributed by atoms with Crippen molar-refractivity contribution in [3.63, 3.8) is 0 Å². The SMILES string of the molecule is Cc1ccc2c(NC(C)C(=O)O)nccc2c1N.